The van der Waals surface area contributed by atoms with Crippen molar-refractivity contribution in [1.29, 1.82) is 0 Å². The monoisotopic (exact) mass is 337 g/mol. The first-order chi connectivity index (χ1) is 9.61. The van der Waals surface area contributed by atoms with Gasteiger partial charge < -0.3 is 10.1 Å². The molecule has 0 aliphatic heterocycles. The lowest BCUT2D eigenvalue weighted by molar-refractivity contribution is 0.0950. The van der Waals surface area contributed by atoms with Crippen molar-refractivity contribution >= 4 is 21.8 Å². The van der Waals surface area contributed by atoms with E-state index in [1.807, 2.05) is 14.0 Å². The lowest BCUT2D eigenvalue weighted by Gasteiger charge is -2.07. The van der Waals surface area contributed by atoms with E-state index >= 15 is 0 Å². The maximum atomic E-state index is 12.0. The van der Waals surface area contributed by atoms with Gasteiger partial charge in [-0.25, -0.2) is 0 Å². The molecule has 0 radical (unpaired) electrons. The molecule has 0 aliphatic carbocycles. The average molecular weight is 338 g/mol. The summed E-state index contributed by atoms with van der Waals surface area (Å²) in [5.74, 6) is 0.638. The first-order valence-electron chi connectivity index (χ1n) is 6.29. The van der Waals surface area contributed by atoms with E-state index in [2.05, 4.69) is 26.3 Å². The summed E-state index contributed by atoms with van der Waals surface area (Å²) in [6.07, 6.45) is 1.71. The molecule has 0 atom stereocenters. The highest BCUT2D eigenvalue weighted by molar-refractivity contribution is 9.10. The molecule has 0 unspecified atom stereocenters. The Morgan fingerprint density at radius 2 is 2.10 bits per heavy atom. The zero-order valence-electron chi connectivity index (χ0n) is 11.4. The van der Waals surface area contributed by atoms with E-state index in [0.29, 0.717) is 18.7 Å². The van der Waals surface area contributed by atoms with Gasteiger partial charge in [0.1, 0.15) is 5.75 Å². The zero-order valence-corrected chi connectivity index (χ0v) is 13.0. The predicted octanol–water partition coefficient (Wildman–Crippen LogP) is 2.51. The summed E-state index contributed by atoms with van der Waals surface area (Å²) >= 11 is 3.40. The largest absolute Gasteiger partial charge is 0.494 e. The molecule has 2 rings (SSSR count). The second kappa shape index (κ2) is 6.56. The molecule has 0 bridgehead atoms. The highest BCUT2D eigenvalue weighted by atomic mass is 79.9. The Labute approximate surface area is 126 Å². The third-order valence-corrected chi connectivity index (χ3v) is 3.52. The van der Waals surface area contributed by atoms with Gasteiger partial charge in [0, 0.05) is 12.6 Å². The number of aromatic nitrogens is 2. The Hall–Kier alpha value is -1.82. The molecule has 5 nitrogen and oxygen atoms in total. The maximum Gasteiger partial charge on any atom is 0.251 e. The average Bonchev–Trinajstić information content (AvgIpc) is 2.77. The fourth-order valence-electron chi connectivity index (χ4n) is 1.77. The summed E-state index contributed by atoms with van der Waals surface area (Å²) in [7, 11) is 1.84. The molecule has 1 aromatic heterocycles. The maximum absolute atomic E-state index is 12.0. The normalized spacial score (nSPS) is 10.3. The van der Waals surface area contributed by atoms with Gasteiger partial charge in [0.25, 0.3) is 5.91 Å². The molecular weight excluding hydrogens is 322 g/mol. The van der Waals surface area contributed by atoms with Crippen LogP contribution in [0.3, 0.4) is 0 Å². The van der Waals surface area contributed by atoms with Crippen molar-refractivity contribution in [2.75, 3.05) is 6.61 Å². The topological polar surface area (TPSA) is 56.1 Å². The van der Waals surface area contributed by atoms with E-state index in [1.54, 1.807) is 35.1 Å². The molecule has 0 aliphatic rings. The fraction of sp³-hybridized carbons (Fsp3) is 0.286. The number of nitrogens with zero attached hydrogens (tertiary/aromatic N) is 2. The molecule has 1 aromatic carbocycles. The minimum atomic E-state index is -0.124. The van der Waals surface area contributed by atoms with Crippen molar-refractivity contribution in [1.82, 2.24) is 15.1 Å². The second-order valence-electron chi connectivity index (χ2n) is 4.20. The van der Waals surface area contributed by atoms with Gasteiger partial charge in [-0.1, -0.05) is 0 Å². The smallest absolute Gasteiger partial charge is 0.251 e. The summed E-state index contributed by atoms with van der Waals surface area (Å²) in [6.45, 7) is 2.95. The van der Waals surface area contributed by atoms with Crippen LogP contribution in [0.5, 0.6) is 5.75 Å². The Kier molecular flexibility index (Phi) is 4.79. The lowest BCUT2D eigenvalue weighted by Crippen LogP contribution is -2.24. The number of hydrogen-bond donors (Lipinski definition) is 1. The van der Waals surface area contributed by atoms with E-state index in [-0.39, 0.29) is 5.91 Å². The molecule has 106 valence electrons. The van der Waals surface area contributed by atoms with Gasteiger partial charge in [0.2, 0.25) is 0 Å². The summed E-state index contributed by atoms with van der Waals surface area (Å²) in [5, 5.41) is 6.96. The number of ether oxygens (including phenoxy) is 1. The number of aryl methyl sites for hydroxylation is 1. The molecule has 20 heavy (non-hydrogen) atoms. The minimum absolute atomic E-state index is 0.124. The number of halogens is 1. The molecule has 0 fully saturated rings. The number of carbonyl (C=O) groups is 1. The third-order valence-electron chi connectivity index (χ3n) is 2.85. The molecule has 2 aromatic rings. The van der Waals surface area contributed by atoms with Crippen LogP contribution in [0.4, 0.5) is 0 Å². The Balaban J connectivity index is 1.98. The predicted molar refractivity (Wildman–Crippen MR) is 79.7 cm³/mol. The molecule has 6 heteroatoms. The highest BCUT2D eigenvalue weighted by Crippen LogP contribution is 2.15. The summed E-state index contributed by atoms with van der Waals surface area (Å²) in [4.78, 5) is 12.0. The first kappa shape index (κ1) is 14.6. The molecular formula is C14H16BrN3O2. The van der Waals surface area contributed by atoms with Gasteiger partial charge in [0.05, 0.1) is 29.5 Å². The molecule has 1 heterocycles. The van der Waals surface area contributed by atoms with Crippen molar-refractivity contribution in [3.05, 3.63) is 46.2 Å². The van der Waals surface area contributed by atoms with Crippen LogP contribution in [0, 0.1) is 0 Å². The van der Waals surface area contributed by atoms with E-state index in [4.69, 9.17) is 4.74 Å². The third kappa shape index (κ3) is 3.39. The fourth-order valence-corrected chi connectivity index (χ4v) is 2.26. The van der Waals surface area contributed by atoms with Crippen LogP contribution >= 0.6 is 15.9 Å². The van der Waals surface area contributed by atoms with Gasteiger partial charge in [-0.2, -0.15) is 5.10 Å². The van der Waals surface area contributed by atoms with Gasteiger partial charge in [-0.3, -0.25) is 9.48 Å². The van der Waals surface area contributed by atoms with Crippen molar-refractivity contribution < 1.29 is 9.53 Å². The van der Waals surface area contributed by atoms with Gasteiger partial charge in [-0.15, -0.1) is 0 Å². The Bertz CT molecular complexity index is 573. The molecule has 1 amide bonds. The number of nitrogens with one attached hydrogen (secondary N) is 1. The number of amides is 1. The van der Waals surface area contributed by atoms with Crippen LogP contribution in [0.25, 0.3) is 0 Å². The Morgan fingerprint density at radius 1 is 1.40 bits per heavy atom. The van der Waals surface area contributed by atoms with Gasteiger partial charge >= 0.3 is 0 Å². The highest BCUT2D eigenvalue weighted by Gasteiger charge is 2.09. The summed E-state index contributed by atoms with van der Waals surface area (Å²) < 4.78 is 7.95. The van der Waals surface area contributed by atoms with Crippen molar-refractivity contribution in [3.63, 3.8) is 0 Å². The lowest BCUT2D eigenvalue weighted by atomic mass is 10.2. The van der Waals surface area contributed by atoms with E-state index in [0.717, 1.165) is 15.9 Å². The van der Waals surface area contributed by atoms with Crippen LogP contribution in [0.15, 0.2) is 34.9 Å². The summed E-state index contributed by atoms with van der Waals surface area (Å²) in [6, 6.07) is 7.08. The molecule has 0 spiro atoms. The molecule has 0 saturated carbocycles. The molecule has 1 N–H and O–H groups in total. The van der Waals surface area contributed by atoms with E-state index in [1.165, 1.54) is 0 Å². The first-order valence-corrected chi connectivity index (χ1v) is 7.08. The van der Waals surface area contributed by atoms with Crippen LogP contribution in [0.2, 0.25) is 0 Å². The van der Waals surface area contributed by atoms with Crippen molar-refractivity contribution in [2.24, 2.45) is 7.05 Å². The Morgan fingerprint density at radius 3 is 2.65 bits per heavy atom. The van der Waals surface area contributed by atoms with Crippen LogP contribution in [0.1, 0.15) is 23.0 Å². The zero-order chi connectivity index (χ0) is 14.5. The second-order valence-corrected chi connectivity index (χ2v) is 5.06. The number of benzene rings is 1. The minimum Gasteiger partial charge on any atom is -0.494 e. The molecule has 0 saturated heterocycles. The van der Waals surface area contributed by atoms with Crippen LogP contribution in [-0.2, 0) is 13.6 Å². The summed E-state index contributed by atoms with van der Waals surface area (Å²) in [5.41, 5.74) is 1.52. The van der Waals surface area contributed by atoms with E-state index in [9.17, 15) is 4.79 Å². The van der Waals surface area contributed by atoms with Crippen molar-refractivity contribution in [3.8, 4) is 5.75 Å². The quantitative estimate of drug-likeness (QED) is 0.911. The van der Waals surface area contributed by atoms with Gasteiger partial charge in [-0.05, 0) is 47.1 Å². The van der Waals surface area contributed by atoms with Crippen LogP contribution in [-0.4, -0.2) is 22.3 Å². The number of hydrogen-bond acceptors (Lipinski definition) is 3. The van der Waals surface area contributed by atoms with Crippen LogP contribution < -0.4 is 10.1 Å². The van der Waals surface area contributed by atoms with Gasteiger partial charge in [0.15, 0.2) is 0 Å². The SMILES string of the molecule is CCOc1ccc(C(=O)NCc2c(Br)cnn2C)cc1. The van der Waals surface area contributed by atoms with E-state index < -0.39 is 0 Å². The van der Waals surface area contributed by atoms with Crippen molar-refractivity contribution in [2.45, 2.75) is 13.5 Å². The number of carbonyl (C=O) groups excluding carboxylic acids is 1. The number of rotatable bonds is 5. The standard InChI is InChI=1S/C14H16BrN3O2/c1-3-20-11-6-4-10(5-7-11)14(19)16-9-13-12(15)8-17-18(13)2/h4-8H,3,9H2,1-2H3,(H,16,19).